The number of anilines is 1. The molecule has 0 aromatic heterocycles. The second kappa shape index (κ2) is 15.4. The molecule has 0 unspecified atom stereocenters. The Morgan fingerprint density at radius 3 is 2.16 bits per heavy atom. The summed E-state index contributed by atoms with van der Waals surface area (Å²) in [5.41, 5.74) is 1.80. The van der Waals surface area contributed by atoms with E-state index in [2.05, 4.69) is 21.2 Å². The van der Waals surface area contributed by atoms with E-state index >= 15 is 0 Å². The molecule has 7 nitrogen and oxygen atoms in total. The van der Waals surface area contributed by atoms with Crippen LogP contribution in [0.1, 0.15) is 31.4 Å². The quantitative estimate of drug-likeness (QED) is 0.166. The Labute approximate surface area is 273 Å². The Balaban J connectivity index is 1.81. The highest BCUT2D eigenvalue weighted by molar-refractivity contribution is 9.10. The summed E-state index contributed by atoms with van der Waals surface area (Å²) < 4.78 is 29.8. The van der Waals surface area contributed by atoms with Crippen molar-refractivity contribution in [3.63, 3.8) is 0 Å². The monoisotopic (exact) mass is 695 g/mol. The van der Waals surface area contributed by atoms with Crippen LogP contribution in [0, 0.1) is 0 Å². The lowest BCUT2D eigenvalue weighted by Crippen LogP contribution is -2.54. The van der Waals surface area contributed by atoms with E-state index in [1.165, 1.54) is 17.0 Å². The molecular formula is C34H35BrClN3O4S. The molecule has 0 fully saturated rings. The molecule has 0 saturated carbocycles. The third-order valence-corrected chi connectivity index (χ3v) is 9.93. The van der Waals surface area contributed by atoms with Crippen LogP contribution in [-0.4, -0.2) is 43.8 Å². The molecule has 0 spiro atoms. The Bertz CT molecular complexity index is 1670. The lowest BCUT2D eigenvalue weighted by molar-refractivity contribution is -0.140. The normalized spacial score (nSPS) is 12.6. The maximum atomic E-state index is 14.5. The van der Waals surface area contributed by atoms with Gasteiger partial charge in [0.05, 0.1) is 10.6 Å². The van der Waals surface area contributed by atoms with E-state index in [0.29, 0.717) is 27.2 Å². The number of carbonyl (C=O) groups is 2. The number of carbonyl (C=O) groups excluding carboxylic acids is 2. The third kappa shape index (κ3) is 8.49. The fourth-order valence-corrected chi connectivity index (χ4v) is 6.69. The number of benzene rings is 4. The topological polar surface area (TPSA) is 86.8 Å². The van der Waals surface area contributed by atoms with Gasteiger partial charge < -0.3 is 10.2 Å². The molecule has 0 aliphatic rings. The fraction of sp³-hybridized carbons (Fsp3) is 0.235. The van der Waals surface area contributed by atoms with Gasteiger partial charge in [0, 0.05) is 28.5 Å². The molecule has 230 valence electrons. The summed E-state index contributed by atoms with van der Waals surface area (Å²) in [6.45, 7) is 3.33. The van der Waals surface area contributed by atoms with Crippen molar-refractivity contribution in [1.29, 1.82) is 0 Å². The van der Waals surface area contributed by atoms with E-state index in [0.717, 1.165) is 9.87 Å². The zero-order valence-corrected chi connectivity index (χ0v) is 27.7. The Morgan fingerprint density at radius 1 is 0.886 bits per heavy atom. The summed E-state index contributed by atoms with van der Waals surface area (Å²) >= 11 is 9.97. The minimum Gasteiger partial charge on any atom is -0.352 e. The molecule has 0 aliphatic heterocycles. The summed E-state index contributed by atoms with van der Waals surface area (Å²) in [4.78, 5) is 29.8. The molecular weight excluding hydrogens is 662 g/mol. The summed E-state index contributed by atoms with van der Waals surface area (Å²) in [6.07, 6.45) is 0.926. The van der Waals surface area contributed by atoms with Crippen molar-refractivity contribution in [2.24, 2.45) is 0 Å². The van der Waals surface area contributed by atoms with Crippen LogP contribution in [0.15, 0.2) is 119 Å². The first-order chi connectivity index (χ1) is 21.1. The molecule has 0 radical (unpaired) electrons. The SMILES string of the molecule is CC[C@@H](C)NC(=O)[C@@H](Cc1ccccc1)N(Cc1ccccc1Cl)C(=O)CN(c1cccc(Br)c1)S(=O)(=O)c1ccccc1. The van der Waals surface area contributed by atoms with Crippen LogP contribution in [0.5, 0.6) is 0 Å². The van der Waals surface area contributed by atoms with Crippen LogP contribution < -0.4 is 9.62 Å². The number of amides is 2. The largest absolute Gasteiger partial charge is 0.352 e. The molecule has 10 heteroatoms. The zero-order chi connectivity index (χ0) is 31.7. The highest BCUT2D eigenvalue weighted by Gasteiger charge is 2.35. The molecule has 2 amide bonds. The van der Waals surface area contributed by atoms with Gasteiger partial charge in [0.15, 0.2) is 0 Å². The molecule has 0 saturated heterocycles. The van der Waals surface area contributed by atoms with Gasteiger partial charge in [-0.3, -0.25) is 13.9 Å². The van der Waals surface area contributed by atoms with Gasteiger partial charge in [-0.25, -0.2) is 8.42 Å². The second-order valence-electron chi connectivity index (χ2n) is 10.4. The zero-order valence-electron chi connectivity index (χ0n) is 24.6. The highest BCUT2D eigenvalue weighted by Crippen LogP contribution is 2.28. The van der Waals surface area contributed by atoms with Gasteiger partial charge >= 0.3 is 0 Å². The van der Waals surface area contributed by atoms with Crippen LogP contribution in [0.3, 0.4) is 0 Å². The van der Waals surface area contributed by atoms with Gasteiger partial charge in [0.1, 0.15) is 12.6 Å². The first-order valence-electron chi connectivity index (χ1n) is 14.3. The molecule has 1 N–H and O–H groups in total. The standard InChI is InChI=1S/C34H35BrClN3O4S/c1-3-25(2)37-34(41)32(21-26-13-6-4-7-14-26)38(23-27-15-10-11-20-31(27)36)33(40)24-39(29-17-12-16-28(35)22-29)44(42,43)30-18-8-5-9-19-30/h4-20,22,25,32H,3,21,23-24H2,1-2H3,(H,37,41)/t25-,32-/m1/s1. The van der Waals surface area contributed by atoms with Crippen molar-refractivity contribution in [2.45, 2.75) is 50.2 Å². The minimum atomic E-state index is -4.17. The van der Waals surface area contributed by atoms with Gasteiger partial charge in [-0.1, -0.05) is 107 Å². The molecule has 0 aliphatic carbocycles. The first-order valence-corrected chi connectivity index (χ1v) is 16.9. The fourth-order valence-electron chi connectivity index (χ4n) is 4.68. The summed E-state index contributed by atoms with van der Waals surface area (Å²) in [5, 5.41) is 3.47. The molecule has 0 bridgehead atoms. The predicted octanol–water partition coefficient (Wildman–Crippen LogP) is 6.85. The first kappa shape index (κ1) is 33.2. The van der Waals surface area contributed by atoms with Gasteiger partial charge in [0.2, 0.25) is 11.8 Å². The van der Waals surface area contributed by atoms with Gasteiger partial charge in [0.25, 0.3) is 10.0 Å². The van der Waals surface area contributed by atoms with Crippen LogP contribution >= 0.6 is 27.5 Å². The van der Waals surface area contributed by atoms with E-state index in [1.54, 1.807) is 60.7 Å². The van der Waals surface area contributed by atoms with Crippen molar-refractivity contribution in [1.82, 2.24) is 10.2 Å². The maximum absolute atomic E-state index is 14.5. The molecule has 4 aromatic carbocycles. The minimum absolute atomic E-state index is 0.00163. The van der Waals surface area contributed by atoms with Crippen LogP contribution in [-0.2, 0) is 32.6 Å². The Kier molecular flexibility index (Phi) is 11.6. The van der Waals surface area contributed by atoms with Crippen molar-refractivity contribution in [3.8, 4) is 0 Å². The molecule has 0 heterocycles. The number of rotatable bonds is 13. The Morgan fingerprint density at radius 2 is 1.52 bits per heavy atom. The van der Waals surface area contributed by atoms with Crippen molar-refractivity contribution in [3.05, 3.63) is 130 Å². The summed E-state index contributed by atoms with van der Waals surface area (Å²) in [7, 11) is -4.17. The Hall–Kier alpha value is -3.66. The average Bonchev–Trinajstić information content (AvgIpc) is 3.03. The number of halogens is 2. The smallest absolute Gasteiger partial charge is 0.264 e. The van der Waals surface area contributed by atoms with Crippen LogP contribution in [0.25, 0.3) is 0 Å². The van der Waals surface area contributed by atoms with Crippen LogP contribution in [0.2, 0.25) is 5.02 Å². The number of nitrogens with zero attached hydrogens (tertiary/aromatic N) is 2. The van der Waals surface area contributed by atoms with E-state index < -0.39 is 28.5 Å². The number of sulfonamides is 1. The van der Waals surface area contributed by atoms with Gasteiger partial charge in [-0.2, -0.15) is 0 Å². The lowest BCUT2D eigenvalue weighted by atomic mass is 10.0. The molecule has 4 rings (SSSR count). The third-order valence-electron chi connectivity index (χ3n) is 7.28. The van der Waals surface area contributed by atoms with E-state index in [1.807, 2.05) is 50.2 Å². The number of hydrogen-bond donors (Lipinski definition) is 1. The summed E-state index contributed by atoms with van der Waals surface area (Å²) in [5.74, 6) is -0.881. The van der Waals surface area contributed by atoms with Crippen LogP contribution in [0.4, 0.5) is 5.69 Å². The van der Waals surface area contributed by atoms with Gasteiger partial charge in [-0.15, -0.1) is 0 Å². The van der Waals surface area contributed by atoms with E-state index in [9.17, 15) is 18.0 Å². The average molecular weight is 697 g/mol. The maximum Gasteiger partial charge on any atom is 0.264 e. The summed E-state index contributed by atoms with van der Waals surface area (Å²) in [6, 6.07) is 30.2. The second-order valence-corrected chi connectivity index (χ2v) is 13.6. The van der Waals surface area contributed by atoms with E-state index in [-0.39, 0.29) is 29.8 Å². The molecule has 44 heavy (non-hydrogen) atoms. The molecule has 2 atom stereocenters. The van der Waals surface area contributed by atoms with Gasteiger partial charge in [-0.05, 0) is 60.9 Å². The highest BCUT2D eigenvalue weighted by atomic mass is 79.9. The van der Waals surface area contributed by atoms with E-state index in [4.69, 9.17) is 11.6 Å². The van der Waals surface area contributed by atoms with Crippen molar-refractivity contribution >= 4 is 55.1 Å². The lowest BCUT2D eigenvalue weighted by Gasteiger charge is -2.34. The van der Waals surface area contributed by atoms with Crippen molar-refractivity contribution < 1.29 is 18.0 Å². The molecule has 4 aromatic rings. The number of hydrogen-bond acceptors (Lipinski definition) is 4. The number of nitrogens with one attached hydrogen (secondary N) is 1. The predicted molar refractivity (Wildman–Crippen MR) is 179 cm³/mol. The van der Waals surface area contributed by atoms with Crippen molar-refractivity contribution in [2.75, 3.05) is 10.8 Å².